The van der Waals surface area contributed by atoms with Crippen molar-refractivity contribution in [3.63, 3.8) is 0 Å². The Bertz CT molecular complexity index is 481. The van der Waals surface area contributed by atoms with E-state index in [0.717, 1.165) is 14.2 Å². The molecule has 0 aliphatic rings. The average Bonchev–Trinajstić information content (AvgIpc) is 2.47. The Morgan fingerprint density at radius 2 is 1.63 bits per heavy atom. The fourth-order valence-corrected chi connectivity index (χ4v) is 1.22. The van der Waals surface area contributed by atoms with Crippen LogP contribution < -0.4 is 10.2 Å². The summed E-state index contributed by atoms with van der Waals surface area (Å²) in [5.41, 5.74) is 2.56. The number of rotatable bonds is 5. The highest BCUT2D eigenvalue weighted by atomic mass is 16.5. The summed E-state index contributed by atoms with van der Waals surface area (Å²) in [7, 11) is 3.78. The minimum atomic E-state index is -0.894. The molecular weight excluding hydrogens is 252 g/mol. The summed E-state index contributed by atoms with van der Waals surface area (Å²) in [4.78, 5) is 22.7. The highest BCUT2D eigenvalue weighted by Crippen LogP contribution is 2.22. The maximum absolute atomic E-state index is 11.4. The number of nitrogens with one attached hydrogen (secondary N) is 1. The quantitative estimate of drug-likeness (QED) is 0.367. The van der Waals surface area contributed by atoms with Crippen molar-refractivity contribution in [2.45, 2.75) is 0 Å². The summed E-state index contributed by atoms with van der Waals surface area (Å²) < 4.78 is 14.0. The van der Waals surface area contributed by atoms with Crippen LogP contribution in [0.4, 0.5) is 5.69 Å². The lowest BCUT2D eigenvalue weighted by Gasteiger charge is -2.08. The largest absolute Gasteiger partial charge is 0.495 e. The van der Waals surface area contributed by atoms with Gasteiger partial charge in [0.1, 0.15) is 5.75 Å². The molecule has 7 heteroatoms. The van der Waals surface area contributed by atoms with Gasteiger partial charge in [0.05, 0.1) is 27.0 Å². The van der Waals surface area contributed by atoms with E-state index in [4.69, 9.17) is 4.74 Å². The van der Waals surface area contributed by atoms with E-state index in [1.54, 1.807) is 24.3 Å². The number of hydrogen-bond acceptors (Lipinski definition) is 7. The Morgan fingerprint density at radius 1 is 1.05 bits per heavy atom. The first-order valence-corrected chi connectivity index (χ1v) is 5.27. The van der Waals surface area contributed by atoms with Crippen LogP contribution in [0.1, 0.15) is 0 Å². The number of esters is 2. The number of nitrogens with zero attached hydrogens (tertiary/aromatic N) is 1. The summed E-state index contributed by atoms with van der Waals surface area (Å²) in [5.74, 6) is -1.27. The molecule has 0 saturated heterocycles. The monoisotopic (exact) mass is 266 g/mol. The van der Waals surface area contributed by atoms with Gasteiger partial charge in [-0.25, -0.2) is 9.59 Å². The Labute approximate surface area is 110 Å². The zero-order chi connectivity index (χ0) is 14.3. The molecule has 0 aliphatic carbocycles. The molecule has 0 atom stereocenters. The summed E-state index contributed by atoms with van der Waals surface area (Å²) in [6, 6.07) is 6.90. The van der Waals surface area contributed by atoms with Crippen molar-refractivity contribution in [2.24, 2.45) is 5.10 Å². The second-order valence-electron chi connectivity index (χ2n) is 3.26. The van der Waals surface area contributed by atoms with Crippen molar-refractivity contribution < 1.29 is 23.8 Å². The van der Waals surface area contributed by atoms with Crippen molar-refractivity contribution >= 4 is 23.3 Å². The first-order valence-electron chi connectivity index (χ1n) is 5.27. The summed E-state index contributed by atoms with van der Waals surface area (Å²) in [5, 5.41) is 3.68. The first-order chi connectivity index (χ1) is 9.13. The zero-order valence-electron chi connectivity index (χ0n) is 10.8. The molecule has 0 fully saturated rings. The lowest BCUT2D eigenvalue weighted by atomic mass is 10.3. The average molecular weight is 266 g/mol. The molecule has 1 aromatic carbocycles. The molecule has 1 rings (SSSR count). The van der Waals surface area contributed by atoms with Gasteiger partial charge in [0.15, 0.2) is 0 Å². The standard InChI is InChI=1S/C12H14N2O5/c1-17-9-7-5-4-6-8(9)13-14-10(11(15)18-2)12(16)19-3/h4-7,13H,1-3H3. The number of benzene rings is 1. The van der Waals surface area contributed by atoms with E-state index in [1.165, 1.54) is 7.11 Å². The summed E-state index contributed by atoms with van der Waals surface area (Å²) in [6.45, 7) is 0. The van der Waals surface area contributed by atoms with Crippen molar-refractivity contribution in [2.75, 3.05) is 26.8 Å². The maximum Gasteiger partial charge on any atom is 0.366 e. The van der Waals surface area contributed by atoms with Gasteiger partial charge in [0.2, 0.25) is 0 Å². The highest BCUT2D eigenvalue weighted by Gasteiger charge is 2.22. The molecule has 0 amide bonds. The minimum Gasteiger partial charge on any atom is -0.495 e. The third-order valence-corrected chi connectivity index (χ3v) is 2.15. The number of ether oxygens (including phenoxy) is 3. The van der Waals surface area contributed by atoms with E-state index >= 15 is 0 Å². The van der Waals surface area contributed by atoms with Crippen LogP contribution in [0.2, 0.25) is 0 Å². The molecule has 102 valence electrons. The molecule has 19 heavy (non-hydrogen) atoms. The molecule has 7 nitrogen and oxygen atoms in total. The molecular formula is C12H14N2O5. The number of methoxy groups -OCH3 is 3. The Balaban J connectivity index is 2.98. The van der Waals surface area contributed by atoms with E-state index < -0.39 is 17.7 Å². The fourth-order valence-electron chi connectivity index (χ4n) is 1.22. The Hall–Kier alpha value is -2.57. The number of anilines is 1. The van der Waals surface area contributed by atoms with E-state index in [2.05, 4.69) is 20.0 Å². The number of carbonyl (C=O) groups is 2. The second kappa shape index (κ2) is 7.00. The van der Waals surface area contributed by atoms with E-state index in [-0.39, 0.29) is 0 Å². The van der Waals surface area contributed by atoms with Gasteiger partial charge in [0, 0.05) is 0 Å². The van der Waals surface area contributed by atoms with Crippen molar-refractivity contribution in [3.8, 4) is 5.75 Å². The van der Waals surface area contributed by atoms with Crippen molar-refractivity contribution in [3.05, 3.63) is 24.3 Å². The predicted octanol–water partition coefficient (Wildman–Crippen LogP) is 0.809. The molecule has 0 radical (unpaired) electrons. The molecule has 0 aliphatic heterocycles. The van der Waals surface area contributed by atoms with E-state index in [1.807, 2.05) is 0 Å². The smallest absolute Gasteiger partial charge is 0.366 e. The number of para-hydroxylation sites is 2. The second-order valence-corrected chi connectivity index (χ2v) is 3.26. The van der Waals surface area contributed by atoms with Crippen molar-refractivity contribution in [1.29, 1.82) is 0 Å². The van der Waals surface area contributed by atoms with Gasteiger partial charge in [0.25, 0.3) is 5.71 Å². The molecule has 0 heterocycles. The van der Waals surface area contributed by atoms with Crippen LogP contribution in [0.25, 0.3) is 0 Å². The summed E-state index contributed by atoms with van der Waals surface area (Å²) in [6.07, 6.45) is 0. The Kier molecular flexibility index (Phi) is 5.34. The zero-order valence-corrected chi connectivity index (χ0v) is 10.8. The van der Waals surface area contributed by atoms with Crippen molar-refractivity contribution in [1.82, 2.24) is 0 Å². The van der Waals surface area contributed by atoms with Crippen LogP contribution in [-0.4, -0.2) is 39.0 Å². The van der Waals surface area contributed by atoms with Gasteiger partial charge in [-0.3, -0.25) is 5.43 Å². The van der Waals surface area contributed by atoms with E-state index in [0.29, 0.717) is 11.4 Å². The van der Waals surface area contributed by atoms with Gasteiger partial charge >= 0.3 is 11.9 Å². The van der Waals surface area contributed by atoms with Gasteiger partial charge in [-0.1, -0.05) is 12.1 Å². The molecule has 0 aromatic heterocycles. The predicted molar refractivity (Wildman–Crippen MR) is 68.1 cm³/mol. The molecule has 0 unspecified atom stereocenters. The molecule has 0 spiro atoms. The molecule has 1 aromatic rings. The normalized spacial score (nSPS) is 9.21. The summed E-state index contributed by atoms with van der Waals surface area (Å²) >= 11 is 0. The van der Waals surface area contributed by atoms with Gasteiger partial charge in [-0.05, 0) is 12.1 Å². The maximum atomic E-state index is 11.4. The number of hydrogen-bond donors (Lipinski definition) is 1. The van der Waals surface area contributed by atoms with Crippen LogP contribution in [0.5, 0.6) is 5.75 Å². The minimum absolute atomic E-state index is 0.490. The molecule has 0 saturated carbocycles. The first kappa shape index (κ1) is 14.5. The molecule has 1 N–H and O–H groups in total. The SMILES string of the molecule is COC(=O)C(=NNc1ccccc1OC)C(=O)OC. The van der Waals surface area contributed by atoms with Crippen LogP contribution in [0.3, 0.4) is 0 Å². The van der Waals surface area contributed by atoms with Crippen LogP contribution in [0, 0.1) is 0 Å². The molecule has 0 bridgehead atoms. The third kappa shape index (κ3) is 3.70. The van der Waals surface area contributed by atoms with Gasteiger partial charge in [-0.2, -0.15) is 5.10 Å². The lowest BCUT2D eigenvalue weighted by molar-refractivity contribution is -0.138. The highest BCUT2D eigenvalue weighted by molar-refractivity contribution is 6.62. The fraction of sp³-hybridized carbons (Fsp3) is 0.250. The van der Waals surface area contributed by atoms with Gasteiger partial charge in [-0.15, -0.1) is 0 Å². The number of hydrazone groups is 1. The topological polar surface area (TPSA) is 86.2 Å². The van der Waals surface area contributed by atoms with Crippen LogP contribution >= 0.6 is 0 Å². The third-order valence-electron chi connectivity index (χ3n) is 2.15. The van der Waals surface area contributed by atoms with Crippen LogP contribution in [0.15, 0.2) is 29.4 Å². The Morgan fingerprint density at radius 3 is 2.16 bits per heavy atom. The van der Waals surface area contributed by atoms with E-state index in [9.17, 15) is 9.59 Å². The number of carbonyl (C=O) groups excluding carboxylic acids is 2. The van der Waals surface area contributed by atoms with Gasteiger partial charge < -0.3 is 14.2 Å². The lowest BCUT2D eigenvalue weighted by Crippen LogP contribution is -2.27. The van der Waals surface area contributed by atoms with Crippen LogP contribution in [-0.2, 0) is 19.1 Å².